The summed E-state index contributed by atoms with van der Waals surface area (Å²) in [5.41, 5.74) is 0. The molecule has 2 aliphatic rings. The Morgan fingerprint density at radius 2 is 2.00 bits per heavy atom. The summed E-state index contributed by atoms with van der Waals surface area (Å²) in [6.45, 7) is 5.63. The smallest absolute Gasteiger partial charge is 0.156 e. The topological polar surface area (TPSA) is 24.4 Å². The van der Waals surface area contributed by atoms with Crippen molar-refractivity contribution >= 4 is 28.7 Å². The van der Waals surface area contributed by atoms with E-state index >= 15 is 0 Å². The van der Waals surface area contributed by atoms with Gasteiger partial charge in [0.25, 0.3) is 0 Å². The van der Waals surface area contributed by atoms with Crippen molar-refractivity contribution in [1.82, 2.24) is 5.32 Å². The molecule has 98 valence electrons. The van der Waals surface area contributed by atoms with Gasteiger partial charge < -0.3 is 5.32 Å². The predicted molar refractivity (Wildman–Crippen MR) is 81.2 cm³/mol. The summed E-state index contributed by atoms with van der Waals surface area (Å²) in [5.74, 6) is 5.46. The van der Waals surface area contributed by atoms with Gasteiger partial charge in [0.2, 0.25) is 0 Å². The van der Waals surface area contributed by atoms with E-state index in [0.717, 1.165) is 12.5 Å². The fraction of sp³-hybridized carbons (Fsp3) is 0.923. The van der Waals surface area contributed by atoms with E-state index in [1.807, 2.05) is 11.8 Å². The first-order valence-electron chi connectivity index (χ1n) is 6.77. The molecule has 17 heavy (non-hydrogen) atoms. The number of hydrogen-bond acceptors (Lipinski definition) is 3. The van der Waals surface area contributed by atoms with Crippen LogP contribution in [0.4, 0.5) is 0 Å². The summed E-state index contributed by atoms with van der Waals surface area (Å²) in [4.78, 5) is 4.80. The number of thioether (sulfide) groups is 2. The molecule has 0 aromatic heterocycles. The maximum atomic E-state index is 4.80. The zero-order valence-corrected chi connectivity index (χ0v) is 12.6. The van der Waals surface area contributed by atoms with Crippen molar-refractivity contribution in [3.05, 3.63) is 0 Å². The van der Waals surface area contributed by atoms with Gasteiger partial charge in [-0.15, -0.1) is 0 Å². The van der Waals surface area contributed by atoms with Gasteiger partial charge in [0.15, 0.2) is 5.17 Å². The van der Waals surface area contributed by atoms with Gasteiger partial charge in [-0.25, -0.2) is 0 Å². The van der Waals surface area contributed by atoms with Crippen molar-refractivity contribution < 1.29 is 0 Å². The third kappa shape index (κ3) is 4.40. The average molecular weight is 272 g/mol. The first-order valence-corrected chi connectivity index (χ1v) is 8.91. The van der Waals surface area contributed by atoms with Gasteiger partial charge in [-0.1, -0.05) is 25.6 Å². The van der Waals surface area contributed by atoms with Crippen LogP contribution >= 0.6 is 23.5 Å². The first-order chi connectivity index (χ1) is 8.25. The Morgan fingerprint density at radius 3 is 2.71 bits per heavy atom. The fourth-order valence-corrected chi connectivity index (χ4v) is 4.46. The summed E-state index contributed by atoms with van der Waals surface area (Å²) in [6, 6.07) is 0.636. The largest absolute Gasteiger partial charge is 0.362 e. The lowest BCUT2D eigenvalue weighted by atomic mass is 10.0. The van der Waals surface area contributed by atoms with Crippen molar-refractivity contribution in [1.29, 1.82) is 0 Å². The highest BCUT2D eigenvalue weighted by molar-refractivity contribution is 8.13. The predicted octanol–water partition coefficient (Wildman–Crippen LogP) is 3.24. The van der Waals surface area contributed by atoms with Gasteiger partial charge in [0.1, 0.15) is 0 Å². The van der Waals surface area contributed by atoms with Crippen LogP contribution in [-0.2, 0) is 0 Å². The lowest BCUT2D eigenvalue weighted by molar-refractivity contribution is 0.440. The monoisotopic (exact) mass is 272 g/mol. The molecule has 0 aliphatic carbocycles. The number of aliphatic imine (C=N–C) groups is 1. The second-order valence-corrected chi connectivity index (χ2v) is 7.64. The van der Waals surface area contributed by atoms with Crippen LogP contribution in [0.5, 0.6) is 0 Å². The standard InChI is InChI=1S/C13H24N2S2/c1-10(2)12-5-8-17-13(15-12)14-9-11-3-6-16-7-4-11/h10-12H,3-9H2,1-2H3,(H,14,15). The molecule has 2 nitrogen and oxygen atoms in total. The van der Waals surface area contributed by atoms with Crippen molar-refractivity contribution in [2.24, 2.45) is 16.8 Å². The van der Waals surface area contributed by atoms with Crippen LogP contribution in [-0.4, -0.2) is 35.0 Å². The van der Waals surface area contributed by atoms with E-state index in [1.165, 1.54) is 41.7 Å². The number of nitrogens with one attached hydrogen (secondary N) is 1. The molecular formula is C13H24N2S2. The molecule has 2 fully saturated rings. The molecule has 0 saturated carbocycles. The van der Waals surface area contributed by atoms with Gasteiger partial charge in [-0.3, -0.25) is 4.99 Å². The minimum absolute atomic E-state index is 0.636. The maximum absolute atomic E-state index is 4.80. The lowest BCUT2D eigenvalue weighted by Gasteiger charge is -2.29. The molecule has 0 aromatic rings. The Bertz CT molecular complexity index is 260. The molecule has 2 saturated heterocycles. The van der Waals surface area contributed by atoms with E-state index in [2.05, 4.69) is 30.9 Å². The van der Waals surface area contributed by atoms with Crippen LogP contribution in [0.25, 0.3) is 0 Å². The zero-order valence-electron chi connectivity index (χ0n) is 10.9. The van der Waals surface area contributed by atoms with Gasteiger partial charge in [-0.2, -0.15) is 11.8 Å². The van der Waals surface area contributed by atoms with Crippen molar-refractivity contribution in [3.63, 3.8) is 0 Å². The minimum Gasteiger partial charge on any atom is -0.362 e. The van der Waals surface area contributed by atoms with E-state index in [-0.39, 0.29) is 0 Å². The molecule has 2 heterocycles. The third-order valence-electron chi connectivity index (χ3n) is 3.62. The lowest BCUT2D eigenvalue weighted by Crippen LogP contribution is -2.41. The Balaban J connectivity index is 1.79. The van der Waals surface area contributed by atoms with Crippen LogP contribution in [0.3, 0.4) is 0 Å². The molecule has 1 atom stereocenters. The molecule has 2 aliphatic heterocycles. The van der Waals surface area contributed by atoms with Gasteiger partial charge >= 0.3 is 0 Å². The number of hydrogen-bond donors (Lipinski definition) is 1. The van der Waals surface area contributed by atoms with E-state index < -0.39 is 0 Å². The molecule has 0 radical (unpaired) electrons. The molecule has 0 aromatic carbocycles. The van der Waals surface area contributed by atoms with Gasteiger partial charge in [0.05, 0.1) is 0 Å². The molecule has 1 unspecified atom stereocenters. The first kappa shape index (κ1) is 13.6. The second kappa shape index (κ2) is 6.93. The number of rotatable bonds is 3. The van der Waals surface area contributed by atoms with Crippen LogP contribution in [0.1, 0.15) is 33.1 Å². The van der Waals surface area contributed by atoms with Gasteiger partial charge in [-0.05, 0) is 42.6 Å². The van der Waals surface area contributed by atoms with Crippen LogP contribution in [0.15, 0.2) is 4.99 Å². The highest BCUT2D eigenvalue weighted by Gasteiger charge is 2.20. The molecule has 4 heteroatoms. The van der Waals surface area contributed by atoms with E-state index in [9.17, 15) is 0 Å². The van der Waals surface area contributed by atoms with Crippen molar-refractivity contribution in [2.45, 2.75) is 39.2 Å². The SMILES string of the molecule is CC(C)C1CCSC(=NCC2CCSCC2)N1. The highest BCUT2D eigenvalue weighted by atomic mass is 32.2. The molecule has 1 N–H and O–H groups in total. The zero-order chi connectivity index (χ0) is 12.1. The van der Waals surface area contributed by atoms with E-state index in [4.69, 9.17) is 4.99 Å². The average Bonchev–Trinajstić information content (AvgIpc) is 2.38. The summed E-state index contributed by atoms with van der Waals surface area (Å²) < 4.78 is 0. The van der Waals surface area contributed by atoms with Crippen molar-refractivity contribution in [2.75, 3.05) is 23.8 Å². The summed E-state index contributed by atoms with van der Waals surface area (Å²) in [5, 5.41) is 4.80. The van der Waals surface area contributed by atoms with E-state index in [0.29, 0.717) is 12.0 Å². The molecule has 0 spiro atoms. The third-order valence-corrected chi connectivity index (χ3v) is 5.62. The Labute approximate surface area is 114 Å². The highest BCUT2D eigenvalue weighted by Crippen LogP contribution is 2.24. The quantitative estimate of drug-likeness (QED) is 0.853. The normalized spacial score (nSPS) is 29.6. The van der Waals surface area contributed by atoms with E-state index in [1.54, 1.807) is 0 Å². The minimum atomic E-state index is 0.636. The molecule has 0 bridgehead atoms. The number of nitrogens with zero attached hydrogens (tertiary/aromatic N) is 1. The maximum Gasteiger partial charge on any atom is 0.156 e. The van der Waals surface area contributed by atoms with Crippen LogP contribution in [0, 0.1) is 11.8 Å². The summed E-state index contributed by atoms with van der Waals surface area (Å²) in [7, 11) is 0. The Kier molecular flexibility index (Phi) is 5.54. The molecule has 2 rings (SSSR count). The molecular weight excluding hydrogens is 248 g/mol. The summed E-state index contributed by atoms with van der Waals surface area (Å²) in [6.07, 6.45) is 4.00. The Morgan fingerprint density at radius 1 is 1.24 bits per heavy atom. The Hall–Kier alpha value is 0.170. The van der Waals surface area contributed by atoms with Crippen LogP contribution < -0.4 is 5.32 Å². The second-order valence-electron chi connectivity index (χ2n) is 5.33. The fourth-order valence-electron chi connectivity index (χ4n) is 2.29. The summed E-state index contributed by atoms with van der Waals surface area (Å²) >= 11 is 4.00. The number of amidine groups is 1. The van der Waals surface area contributed by atoms with Gasteiger partial charge in [0, 0.05) is 18.3 Å². The molecule has 0 amide bonds. The van der Waals surface area contributed by atoms with Crippen molar-refractivity contribution in [3.8, 4) is 0 Å². The van der Waals surface area contributed by atoms with Crippen LogP contribution in [0.2, 0.25) is 0 Å².